The van der Waals surface area contributed by atoms with Gasteiger partial charge >= 0.3 is 0 Å². The van der Waals surface area contributed by atoms with E-state index in [1.165, 1.54) is 0 Å². The maximum atomic E-state index is 13.5. The van der Waals surface area contributed by atoms with Crippen LogP contribution in [0.3, 0.4) is 0 Å². The van der Waals surface area contributed by atoms with Gasteiger partial charge in [0.15, 0.2) is 17.2 Å². The van der Waals surface area contributed by atoms with E-state index in [0.29, 0.717) is 28.7 Å². The summed E-state index contributed by atoms with van der Waals surface area (Å²) in [5.41, 5.74) is 10.8. The minimum Gasteiger partial charge on any atom is -0.448 e. The Morgan fingerprint density at radius 2 is 1.80 bits per heavy atom. The number of hydrogen-bond acceptors (Lipinski definition) is 8. The van der Waals surface area contributed by atoms with E-state index in [0.717, 1.165) is 48.3 Å². The van der Waals surface area contributed by atoms with E-state index in [4.69, 9.17) is 15.2 Å². The molecule has 0 radical (unpaired) electrons. The van der Waals surface area contributed by atoms with Crippen LogP contribution < -0.4 is 21.7 Å². The number of rotatable bonds is 8. The molecule has 0 atom stereocenters. The Bertz CT molecular complexity index is 1650. The summed E-state index contributed by atoms with van der Waals surface area (Å²) >= 11 is 0. The third kappa shape index (κ3) is 5.92. The number of nitrogens with two attached hydrogens (primary N) is 1. The van der Waals surface area contributed by atoms with Gasteiger partial charge < -0.3 is 26.1 Å². The smallest absolute Gasteiger partial charge is 0.276 e. The molecule has 0 spiro atoms. The summed E-state index contributed by atoms with van der Waals surface area (Å²) in [6.45, 7) is 4.06. The Morgan fingerprint density at radius 3 is 2.56 bits per heavy atom. The van der Waals surface area contributed by atoms with Crippen LogP contribution in [-0.4, -0.2) is 37.6 Å². The van der Waals surface area contributed by atoms with Crippen molar-refractivity contribution in [3.63, 3.8) is 0 Å². The molecule has 6 rings (SSSR count). The first-order valence-corrected chi connectivity index (χ1v) is 14.0. The number of anilines is 4. The average Bonchev–Trinajstić information content (AvgIpc) is 3.64. The molecule has 10 heteroatoms. The fourth-order valence-corrected chi connectivity index (χ4v) is 5.07. The summed E-state index contributed by atoms with van der Waals surface area (Å²) in [4.78, 5) is 22.7. The molecule has 10 nitrogen and oxygen atoms in total. The highest BCUT2D eigenvalue weighted by atomic mass is 16.3. The van der Waals surface area contributed by atoms with Gasteiger partial charge in [-0.05, 0) is 49.9 Å². The SMILES string of the molecule is CC(C)c1nc(-c2cccc(NC(=O)c3cnc4c(Nc5ccccc5)cc(NC5CCC(N)CC5)nn34)c2)co1. The lowest BCUT2D eigenvalue weighted by atomic mass is 9.92. The predicted molar refractivity (Wildman–Crippen MR) is 161 cm³/mol. The standard InChI is InChI=1S/C31H34N8O2/c1-19(2)31-37-26(18-41-31)20-7-6-10-24(15-20)36-30(40)27-17-33-29-25(34-22-8-4-3-5-9-22)16-28(38-39(27)29)35-23-13-11-21(32)12-14-23/h3-10,15-19,21,23,34H,11-14,32H2,1-2H3,(H,35,38)(H,36,40). The molecule has 0 saturated heterocycles. The first kappa shape index (κ1) is 26.5. The van der Waals surface area contributed by atoms with Crippen LogP contribution in [0.2, 0.25) is 0 Å². The van der Waals surface area contributed by atoms with E-state index in [-0.39, 0.29) is 23.9 Å². The molecule has 2 aromatic carbocycles. The second-order valence-corrected chi connectivity index (χ2v) is 10.8. The summed E-state index contributed by atoms with van der Waals surface area (Å²) < 4.78 is 7.19. The van der Waals surface area contributed by atoms with Crippen LogP contribution in [0, 0.1) is 0 Å². The summed E-state index contributed by atoms with van der Waals surface area (Å²) in [5, 5.41) is 14.8. The molecule has 0 bridgehead atoms. The van der Waals surface area contributed by atoms with Crippen LogP contribution in [-0.2, 0) is 0 Å². The van der Waals surface area contributed by atoms with Gasteiger partial charge in [-0.25, -0.2) is 14.5 Å². The van der Waals surface area contributed by atoms with Crippen molar-refractivity contribution in [2.45, 2.75) is 57.5 Å². The third-order valence-electron chi connectivity index (χ3n) is 7.31. The zero-order chi connectivity index (χ0) is 28.3. The van der Waals surface area contributed by atoms with Crippen LogP contribution in [0.5, 0.6) is 0 Å². The number of hydrogen-bond donors (Lipinski definition) is 4. The molecule has 1 saturated carbocycles. The minimum atomic E-state index is -0.323. The van der Waals surface area contributed by atoms with Crippen molar-refractivity contribution < 1.29 is 9.21 Å². The number of carbonyl (C=O) groups is 1. The number of oxazole rings is 1. The van der Waals surface area contributed by atoms with Crippen molar-refractivity contribution >= 4 is 34.4 Å². The van der Waals surface area contributed by atoms with Gasteiger partial charge in [0.25, 0.3) is 5.91 Å². The van der Waals surface area contributed by atoms with Crippen LogP contribution in [0.25, 0.3) is 16.9 Å². The quantitative estimate of drug-likeness (QED) is 0.180. The Balaban J connectivity index is 1.30. The van der Waals surface area contributed by atoms with Crippen molar-refractivity contribution in [2.24, 2.45) is 5.73 Å². The minimum absolute atomic E-state index is 0.186. The number of nitrogens with zero attached hydrogens (tertiary/aromatic N) is 4. The second-order valence-electron chi connectivity index (χ2n) is 10.8. The van der Waals surface area contributed by atoms with Crippen molar-refractivity contribution in [1.82, 2.24) is 19.6 Å². The third-order valence-corrected chi connectivity index (χ3v) is 7.31. The molecule has 0 aliphatic heterocycles. The van der Waals surface area contributed by atoms with Crippen LogP contribution in [0.15, 0.2) is 77.5 Å². The van der Waals surface area contributed by atoms with Crippen LogP contribution in [0.4, 0.5) is 22.9 Å². The molecular formula is C31H34N8O2. The zero-order valence-electron chi connectivity index (χ0n) is 23.2. The van der Waals surface area contributed by atoms with E-state index >= 15 is 0 Å². The number of nitrogens with one attached hydrogen (secondary N) is 3. The van der Waals surface area contributed by atoms with Gasteiger partial charge in [0.1, 0.15) is 17.8 Å². The number of imidazole rings is 1. The molecule has 3 aromatic heterocycles. The molecule has 1 aliphatic carbocycles. The van der Waals surface area contributed by atoms with Gasteiger partial charge in [-0.2, -0.15) is 0 Å². The van der Waals surface area contributed by atoms with Crippen LogP contribution in [0.1, 0.15) is 61.8 Å². The molecule has 3 heterocycles. The Labute approximate surface area is 238 Å². The van der Waals surface area contributed by atoms with Gasteiger partial charge in [-0.1, -0.05) is 44.2 Å². The van der Waals surface area contributed by atoms with Crippen LogP contribution >= 0.6 is 0 Å². The van der Waals surface area contributed by atoms with Crippen molar-refractivity contribution in [3.05, 3.63) is 84.7 Å². The largest absolute Gasteiger partial charge is 0.448 e. The van der Waals surface area contributed by atoms with Gasteiger partial charge in [0, 0.05) is 41.0 Å². The molecule has 1 amide bonds. The lowest BCUT2D eigenvalue weighted by molar-refractivity contribution is 0.102. The summed E-state index contributed by atoms with van der Waals surface area (Å²) in [6.07, 6.45) is 7.08. The first-order valence-electron chi connectivity index (χ1n) is 14.0. The molecule has 41 heavy (non-hydrogen) atoms. The Morgan fingerprint density at radius 1 is 1.02 bits per heavy atom. The summed E-state index contributed by atoms with van der Waals surface area (Å²) in [7, 11) is 0. The molecule has 5 N–H and O–H groups in total. The molecule has 1 aliphatic rings. The predicted octanol–water partition coefficient (Wildman–Crippen LogP) is 6.19. The number of para-hydroxylation sites is 1. The summed E-state index contributed by atoms with van der Waals surface area (Å²) in [5.74, 6) is 1.20. The fraction of sp³-hybridized carbons (Fsp3) is 0.290. The van der Waals surface area contributed by atoms with E-state index in [2.05, 4.69) is 25.9 Å². The maximum Gasteiger partial charge on any atom is 0.276 e. The number of fused-ring (bicyclic) bond motifs is 1. The molecular weight excluding hydrogens is 516 g/mol. The topological polar surface area (TPSA) is 135 Å². The molecule has 5 aromatic rings. The molecule has 210 valence electrons. The monoisotopic (exact) mass is 550 g/mol. The lowest BCUT2D eigenvalue weighted by Crippen LogP contribution is -2.33. The van der Waals surface area contributed by atoms with Crippen molar-refractivity contribution in [3.8, 4) is 11.3 Å². The molecule has 0 unspecified atom stereocenters. The van der Waals surface area contributed by atoms with E-state index in [1.54, 1.807) is 17.0 Å². The normalized spacial score (nSPS) is 17.1. The zero-order valence-corrected chi connectivity index (χ0v) is 23.2. The highest BCUT2D eigenvalue weighted by Crippen LogP contribution is 2.28. The number of amides is 1. The Kier molecular flexibility index (Phi) is 7.39. The maximum absolute atomic E-state index is 13.5. The first-order chi connectivity index (χ1) is 19.9. The average molecular weight is 551 g/mol. The van der Waals surface area contributed by atoms with Crippen molar-refractivity contribution in [1.29, 1.82) is 0 Å². The van der Waals surface area contributed by atoms with Gasteiger partial charge in [0.2, 0.25) is 0 Å². The molecule has 1 fully saturated rings. The van der Waals surface area contributed by atoms with E-state index < -0.39 is 0 Å². The number of carbonyl (C=O) groups excluding carboxylic acids is 1. The van der Waals surface area contributed by atoms with E-state index in [9.17, 15) is 4.79 Å². The fourth-order valence-electron chi connectivity index (χ4n) is 5.07. The lowest BCUT2D eigenvalue weighted by Gasteiger charge is -2.27. The Hall–Kier alpha value is -4.70. The van der Waals surface area contributed by atoms with Crippen molar-refractivity contribution in [2.75, 3.05) is 16.0 Å². The van der Waals surface area contributed by atoms with E-state index in [1.807, 2.05) is 74.5 Å². The van der Waals surface area contributed by atoms with Gasteiger partial charge in [0.05, 0.1) is 11.9 Å². The van der Waals surface area contributed by atoms with Gasteiger partial charge in [-0.3, -0.25) is 4.79 Å². The number of aromatic nitrogens is 4. The van der Waals surface area contributed by atoms with Gasteiger partial charge in [-0.15, -0.1) is 5.10 Å². The second kappa shape index (κ2) is 11.4. The highest BCUT2D eigenvalue weighted by Gasteiger charge is 2.22. The highest BCUT2D eigenvalue weighted by molar-refractivity contribution is 6.04. The number of benzene rings is 2. The summed E-state index contributed by atoms with van der Waals surface area (Å²) in [6, 6.07) is 19.8.